The van der Waals surface area contributed by atoms with E-state index in [0.29, 0.717) is 6.54 Å². The van der Waals surface area contributed by atoms with E-state index in [9.17, 15) is 9.50 Å². The second-order valence-electron chi connectivity index (χ2n) is 6.32. The van der Waals surface area contributed by atoms with Crippen LogP contribution >= 0.6 is 0 Å². The molecule has 1 saturated heterocycles. The van der Waals surface area contributed by atoms with E-state index >= 15 is 0 Å². The van der Waals surface area contributed by atoms with Crippen molar-refractivity contribution in [3.8, 4) is 0 Å². The third-order valence-corrected chi connectivity index (χ3v) is 4.37. The molecule has 1 aromatic rings. The molecule has 0 saturated carbocycles. The van der Waals surface area contributed by atoms with Gasteiger partial charge in [0.05, 0.1) is 6.10 Å². The molecule has 0 radical (unpaired) electrons. The smallest absolute Gasteiger partial charge is 0.123 e. The van der Waals surface area contributed by atoms with Gasteiger partial charge in [0.1, 0.15) is 5.82 Å². The minimum Gasteiger partial charge on any atom is -0.390 e. The van der Waals surface area contributed by atoms with Crippen LogP contribution in [0, 0.1) is 11.7 Å². The topological polar surface area (TPSA) is 35.5 Å². The summed E-state index contributed by atoms with van der Waals surface area (Å²) in [6, 6.07) is 6.62. The average molecular weight is 294 g/mol. The lowest BCUT2D eigenvalue weighted by molar-refractivity contribution is 0.0892. The predicted octanol–water partition coefficient (Wildman–Crippen LogP) is 2.57. The summed E-state index contributed by atoms with van der Waals surface area (Å²) >= 11 is 0. The largest absolute Gasteiger partial charge is 0.390 e. The molecule has 2 rings (SSSR count). The maximum atomic E-state index is 12.9. The summed E-state index contributed by atoms with van der Waals surface area (Å²) in [6.45, 7) is 7.79. The number of β-amino-alcohol motifs (C(OH)–C–C–N with tert-alkyl or cyclic N) is 1. The van der Waals surface area contributed by atoms with Crippen LogP contribution < -0.4 is 5.32 Å². The monoisotopic (exact) mass is 294 g/mol. The van der Waals surface area contributed by atoms with Crippen molar-refractivity contribution in [2.75, 3.05) is 26.2 Å². The van der Waals surface area contributed by atoms with E-state index in [4.69, 9.17) is 0 Å². The van der Waals surface area contributed by atoms with Gasteiger partial charge >= 0.3 is 0 Å². The highest BCUT2D eigenvalue weighted by molar-refractivity contribution is 5.19. The third kappa shape index (κ3) is 5.38. The lowest BCUT2D eigenvalue weighted by atomic mass is 9.99. The number of aliphatic hydroxyl groups is 1. The molecule has 2 unspecified atom stereocenters. The summed E-state index contributed by atoms with van der Waals surface area (Å²) in [5, 5.41) is 13.5. The van der Waals surface area contributed by atoms with E-state index in [1.165, 1.54) is 25.0 Å². The van der Waals surface area contributed by atoms with Gasteiger partial charge in [-0.05, 0) is 56.5 Å². The number of hydrogen-bond donors (Lipinski definition) is 2. The number of halogens is 1. The van der Waals surface area contributed by atoms with E-state index in [2.05, 4.69) is 17.1 Å². The van der Waals surface area contributed by atoms with Crippen LogP contribution in [-0.2, 0) is 0 Å². The summed E-state index contributed by atoms with van der Waals surface area (Å²) in [5.74, 6) is 0.598. The molecule has 0 bridgehead atoms. The number of aliphatic hydroxyl groups excluding tert-OH is 1. The van der Waals surface area contributed by atoms with Crippen LogP contribution in [0.4, 0.5) is 4.39 Å². The van der Waals surface area contributed by atoms with Gasteiger partial charge in [-0.15, -0.1) is 0 Å². The summed E-state index contributed by atoms with van der Waals surface area (Å²) in [7, 11) is 0. The molecule has 1 aliphatic rings. The number of nitrogens with zero attached hydrogens (tertiary/aromatic N) is 1. The molecular formula is C17H27FN2O. The van der Waals surface area contributed by atoms with Gasteiger partial charge in [0, 0.05) is 19.1 Å². The van der Waals surface area contributed by atoms with Crippen molar-refractivity contribution in [1.82, 2.24) is 10.2 Å². The highest BCUT2D eigenvalue weighted by Gasteiger charge is 2.18. The standard InChI is InChI=1S/C17H27FN2O/c1-13-7-9-20(10-8-13)12-17(21)11-19-14(2)15-3-5-16(18)6-4-15/h3-6,13-14,17,19,21H,7-12H2,1-2H3. The molecule has 3 nitrogen and oxygen atoms in total. The Labute approximate surface area is 127 Å². The van der Waals surface area contributed by atoms with Crippen molar-refractivity contribution >= 4 is 0 Å². The summed E-state index contributed by atoms with van der Waals surface area (Å²) < 4.78 is 12.9. The molecule has 0 aliphatic carbocycles. The van der Waals surface area contributed by atoms with Gasteiger partial charge in [-0.25, -0.2) is 4.39 Å². The van der Waals surface area contributed by atoms with Crippen molar-refractivity contribution in [3.63, 3.8) is 0 Å². The van der Waals surface area contributed by atoms with Gasteiger partial charge in [-0.1, -0.05) is 19.1 Å². The molecule has 1 aromatic carbocycles. The first-order valence-electron chi connectivity index (χ1n) is 7.94. The summed E-state index contributed by atoms with van der Waals surface area (Å²) in [5.41, 5.74) is 1.04. The molecule has 2 N–H and O–H groups in total. The van der Waals surface area contributed by atoms with Gasteiger partial charge < -0.3 is 15.3 Å². The summed E-state index contributed by atoms with van der Waals surface area (Å²) in [4.78, 5) is 2.34. The fourth-order valence-corrected chi connectivity index (χ4v) is 2.79. The maximum Gasteiger partial charge on any atom is 0.123 e. The summed E-state index contributed by atoms with van der Waals surface area (Å²) in [6.07, 6.45) is 2.10. The Balaban J connectivity index is 1.70. The third-order valence-electron chi connectivity index (χ3n) is 4.37. The van der Waals surface area contributed by atoms with Crippen LogP contribution in [0.3, 0.4) is 0 Å². The Bertz CT molecular complexity index is 415. The number of nitrogens with one attached hydrogen (secondary N) is 1. The van der Waals surface area contributed by atoms with E-state index in [-0.39, 0.29) is 18.0 Å². The Kier molecular flexibility index (Phi) is 6.15. The Hall–Kier alpha value is -0.970. The maximum absolute atomic E-state index is 12.9. The number of likely N-dealkylation sites (tertiary alicyclic amines) is 1. The fraction of sp³-hybridized carbons (Fsp3) is 0.647. The van der Waals surface area contributed by atoms with E-state index in [0.717, 1.165) is 31.1 Å². The minimum atomic E-state index is -0.360. The second-order valence-corrected chi connectivity index (χ2v) is 6.32. The zero-order valence-electron chi connectivity index (χ0n) is 13.1. The first-order valence-corrected chi connectivity index (χ1v) is 7.94. The van der Waals surface area contributed by atoms with Gasteiger partial charge in [-0.2, -0.15) is 0 Å². The van der Waals surface area contributed by atoms with Crippen molar-refractivity contribution in [3.05, 3.63) is 35.6 Å². The molecule has 21 heavy (non-hydrogen) atoms. The molecular weight excluding hydrogens is 267 g/mol. The van der Waals surface area contributed by atoms with E-state index in [1.54, 1.807) is 12.1 Å². The Morgan fingerprint density at radius 3 is 2.52 bits per heavy atom. The molecule has 1 fully saturated rings. The first kappa shape index (κ1) is 16.4. The molecule has 118 valence electrons. The number of piperidine rings is 1. The van der Waals surface area contributed by atoms with Crippen molar-refractivity contribution < 1.29 is 9.50 Å². The highest BCUT2D eigenvalue weighted by atomic mass is 19.1. The molecule has 4 heteroatoms. The second kappa shape index (κ2) is 7.87. The lowest BCUT2D eigenvalue weighted by Crippen LogP contribution is -2.42. The Morgan fingerprint density at radius 1 is 1.29 bits per heavy atom. The van der Waals surface area contributed by atoms with Crippen LogP contribution in [0.2, 0.25) is 0 Å². The fourth-order valence-electron chi connectivity index (χ4n) is 2.79. The average Bonchev–Trinajstić information content (AvgIpc) is 2.48. The molecule has 1 aliphatic heterocycles. The minimum absolute atomic E-state index is 0.113. The molecule has 0 spiro atoms. The van der Waals surface area contributed by atoms with E-state index in [1.807, 2.05) is 6.92 Å². The van der Waals surface area contributed by atoms with E-state index < -0.39 is 0 Å². The van der Waals surface area contributed by atoms with Crippen molar-refractivity contribution in [2.24, 2.45) is 5.92 Å². The Morgan fingerprint density at radius 2 is 1.90 bits per heavy atom. The lowest BCUT2D eigenvalue weighted by Gasteiger charge is -2.32. The molecule has 1 heterocycles. The zero-order chi connectivity index (χ0) is 15.2. The molecule has 0 aromatic heterocycles. The molecule has 2 atom stereocenters. The molecule has 0 amide bonds. The quantitative estimate of drug-likeness (QED) is 0.846. The van der Waals surface area contributed by atoms with Crippen molar-refractivity contribution in [2.45, 2.75) is 38.8 Å². The van der Waals surface area contributed by atoms with Gasteiger partial charge in [0.2, 0.25) is 0 Å². The van der Waals surface area contributed by atoms with Crippen LogP contribution in [-0.4, -0.2) is 42.3 Å². The van der Waals surface area contributed by atoms with Gasteiger partial charge in [0.25, 0.3) is 0 Å². The van der Waals surface area contributed by atoms with Crippen LogP contribution in [0.1, 0.15) is 38.3 Å². The van der Waals surface area contributed by atoms with Crippen LogP contribution in [0.15, 0.2) is 24.3 Å². The van der Waals surface area contributed by atoms with Crippen LogP contribution in [0.25, 0.3) is 0 Å². The van der Waals surface area contributed by atoms with Crippen LogP contribution in [0.5, 0.6) is 0 Å². The van der Waals surface area contributed by atoms with Crippen molar-refractivity contribution in [1.29, 1.82) is 0 Å². The zero-order valence-corrected chi connectivity index (χ0v) is 13.1. The predicted molar refractivity (Wildman–Crippen MR) is 83.7 cm³/mol. The number of hydrogen-bond acceptors (Lipinski definition) is 3. The van der Waals surface area contributed by atoms with Gasteiger partial charge in [0.15, 0.2) is 0 Å². The number of benzene rings is 1. The SMILES string of the molecule is CC1CCN(CC(O)CNC(C)c2ccc(F)cc2)CC1. The first-order chi connectivity index (χ1) is 10.0. The van der Waals surface area contributed by atoms with Gasteiger partial charge in [-0.3, -0.25) is 0 Å². The number of rotatable bonds is 6. The highest BCUT2D eigenvalue weighted by Crippen LogP contribution is 2.16. The normalized spacial score (nSPS) is 20.4.